The van der Waals surface area contributed by atoms with Gasteiger partial charge in [-0.1, -0.05) is 48.0 Å². The van der Waals surface area contributed by atoms with Crippen molar-refractivity contribution in [3.63, 3.8) is 0 Å². The highest BCUT2D eigenvalue weighted by Gasteiger charge is 2.01. The Balaban J connectivity index is 0.000000240. The van der Waals surface area contributed by atoms with Gasteiger partial charge in [0.15, 0.2) is 0 Å². The molecular weight excluding hydrogens is 296 g/mol. The highest BCUT2D eigenvalue weighted by molar-refractivity contribution is 5.09. The van der Waals surface area contributed by atoms with Gasteiger partial charge >= 0.3 is 0 Å². The van der Waals surface area contributed by atoms with E-state index in [4.69, 9.17) is 0 Å². The van der Waals surface area contributed by atoms with Crippen molar-refractivity contribution >= 4 is 0 Å². The van der Waals surface area contributed by atoms with Gasteiger partial charge in [-0.2, -0.15) is 0 Å². The van der Waals surface area contributed by atoms with Crippen LogP contribution in [0.2, 0.25) is 0 Å². The van der Waals surface area contributed by atoms with E-state index in [-0.39, 0.29) is 0 Å². The van der Waals surface area contributed by atoms with Crippen molar-refractivity contribution in [3.05, 3.63) is 47.6 Å². The van der Waals surface area contributed by atoms with Crippen molar-refractivity contribution in [2.75, 3.05) is 0 Å². The topological polar surface area (TPSA) is 51.6 Å². The number of hydrogen-bond donors (Lipinski definition) is 0. The van der Waals surface area contributed by atoms with Crippen molar-refractivity contribution in [1.82, 2.24) is 19.9 Å². The summed E-state index contributed by atoms with van der Waals surface area (Å²) in [4.78, 5) is 17.1. The van der Waals surface area contributed by atoms with Crippen molar-refractivity contribution < 1.29 is 0 Å². The quantitative estimate of drug-likeness (QED) is 0.740. The molecule has 0 atom stereocenters. The molecule has 24 heavy (non-hydrogen) atoms. The average Bonchev–Trinajstić information content (AvgIpc) is 2.57. The number of rotatable bonds is 6. The first-order valence-electron chi connectivity index (χ1n) is 9.09. The zero-order chi connectivity index (χ0) is 17.9. The van der Waals surface area contributed by atoms with Crippen LogP contribution in [0.15, 0.2) is 24.8 Å². The molecule has 0 radical (unpaired) electrons. The molecule has 2 rings (SSSR count). The molecule has 2 aromatic rings. The van der Waals surface area contributed by atoms with Crippen molar-refractivity contribution in [1.29, 1.82) is 0 Å². The Morgan fingerprint density at radius 3 is 1.67 bits per heavy atom. The molecule has 0 fully saturated rings. The third-order valence-corrected chi connectivity index (χ3v) is 3.65. The van der Waals surface area contributed by atoms with Crippen LogP contribution < -0.4 is 0 Å². The van der Waals surface area contributed by atoms with Crippen LogP contribution in [-0.2, 0) is 12.8 Å². The number of nitrogens with zero attached hydrogens (tertiary/aromatic N) is 4. The highest BCUT2D eigenvalue weighted by atomic mass is 14.9. The largest absolute Gasteiger partial charge is 0.241 e. The summed E-state index contributed by atoms with van der Waals surface area (Å²) in [6.07, 6.45) is 12.1. The van der Waals surface area contributed by atoms with E-state index in [0.29, 0.717) is 11.8 Å². The van der Waals surface area contributed by atoms with Gasteiger partial charge in [0.2, 0.25) is 0 Å². The van der Waals surface area contributed by atoms with Gasteiger partial charge in [-0.25, -0.2) is 19.9 Å². The lowest BCUT2D eigenvalue weighted by atomic mass is 10.1. The Kier molecular flexibility index (Phi) is 9.13. The fraction of sp³-hybridized carbons (Fsp3) is 0.600. The van der Waals surface area contributed by atoms with Crippen molar-refractivity contribution in [2.45, 2.75) is 79.1 Å². The lowest BCUT2D eigenvalue weighted by molar-refractivity contribution is 0.763. The minimum Gasteiger partial charge on any atom is -0.241 e. The maximum atomic E-state index is 4.29. The van der Waals surface area contributed by atoms with Gasteiger partial charge in [0.25, 0.3) is 0 Å². The summed E-state index contributed by atoms with van der Waals surface area (Å²) in [6.45, 7) is 12.8. The summed E-state index contributed by atoms with van der Waals surface area (Å²) in [6, 6.07) is 0. The highest BCUT2D eigenvalue weighted by Crippen LogP contribution is 2.11. The van der Waals surface area contributed by atoms with E-state index in [1.165, 1.54) is 11.1 Å². The second-order valence-electron chi connectivity index (χ2n) is 6.69. The molecule has 0 unspecified atom stereocenters. The lowest BCUT2D eigenvalue weighted by Gasteiger charge is -2.03. The summed E-state index contributed by atoms with van der Waals surface area (Å²) in [7, 11) is 0. The molecule has 4 nitrogen and oxygen atoms in total. The maximum Gasteiger partial charge on any atom is 0.130 e. The van der Waals surface area contributed by atoms with Crippen LogP contribution in [0.1, 0.15) is 89.0 Å². The minimum atomic E-state index is 0.431. The summed E-state index contributed by atoms with van der Waals surface area (Å²) in [5, 5.41) is 0. The zero-order valence-electron chi connectivity index (χ0n) is 16.1. The van der Waals surface area contributed by atoms with Crippen LogP contribution >= 0.6 is 0 Å². The van der Waals surface area contributed by atoms with Crippen LogP contribution in [0.4, 0.5) is 0 Å². The van der Waals surface area contributed by atoms with E-state index in [2.05, 4.69) is 61.5 Å². The van der Waals surface area contributed by atoms with Crippen LogP contribution in [0.3, 0.4) is 0 Å². The van der Waals surface area contributed by atoms with E-state index in [1.54, 1.807) is 0 Å². The monoisotopic (exact) mass is 328 g/mol. The molecule has 0 bridgehead atoms. The molecule has 0 amide bonds. The molecule has 0 aliphatic rings. The second kappa shape index (κ2) is 10.8. The SMILES string of the molecule is CCCc1cnc(C(C)C)nc1.CCCc1ncc(C(C)C)cn1. The molecule has 0 saturated carbocycles. The predicted octanol–water partition coefficient (Wildman–Crippen LogP) is 5.11. The van der Waals surface area contributed by atoms with Gasteiger partial charge < -0.3 is 0 Å². The Labute approximate surface area is 147 Å². The first-order valence-corrected chi connectivity index (χ1v) is 9.09. The van der Waals surface area contributed by atoms with Gasteiger partial charge in [-0.3, -0.25) is 0 Å². The Morgan fingerprint density at radius 2 is 1.25 bits per heavy atom. The molecule has 0 aliphatic heterocycles. The molecule has 0 spiro atoms. The second-order valence-corrected chi connectivity index (χ2v) is 6.69. The minimum absolute atomic E-state index is 0.431. The van der Waals surface area contributed by atoms with Gasteiger partial charge in [-0.15, -0.1) is 0 Å². The fourth-order valence-electron chi connectivity index (χ4n) is 2.10. The lowest BCUT2D eigenvalue weighted by Crippen LogP contribution is -1.97. The molecule has 2 heterocycles. The number of hydrogen-bond acceptors (Lipinski definition) is 4. The maximum absolute atomic E-state index is 4.29. The van der Waals surface area contributed by atoms with Gasteiger partial charge in [0.05, 0.1) is 0 Å². The van der Waals surface area contributed by atoms with E-state index in [9.17, 15) is 0 Å². The van der Waals surface area contributed by atoms with E-state index in [0.717, 1.165) is 37.3 Å². The Hall–Kier alpha value is -1.84. The van der Waals surface area contributed by atoms with Gasteiger partial charge in [0.1, 0.15) is 11.6 Å². The van der Waals surface area contributed by atoms with E-state index >= 15 is 0 Å². The summed E-state index contributed by atoms with van der Waals surface area (Å²) >= 11 is 0. The van der Waals surface area contributed by atoms with E-state index in [1.807, 2.05) is 24.8 Å². The first kappa shape index (κ1) is 20.2. The first-order chi connectivity index (χ1) is 11.5. The van der Waals surface area contributed by atoms with Crippen LogP contribution in [0.5, 0.6) is 0 Å². The van der Waals surface area contributed by atoms with Gasteiger partial charge in [0, 0.05) is 37.1 Å². The van der Waals surface area contributed by atoms with Crippen molar-refractivity contribution in [2.24, 2.45) is 0 Å². The molecule has 2 aromatic heterocycles. The summed E-state index contributed by atoms with van der Waals surface area (Å²) < 4.78 is 0. The number of aromatic nitrogens is 4. The van der Waals surface area contributed by atoms with Crippen molar-refractivity contribution in [3.8, 4) is 0 Å². The van der Waals surface area contributed by atoms with Crippen LogP contribution in [0, 0.1) is 0 Å². The van der Waals surface area contributed by atoms with E-state index < -0.39 is 0 Å². The molecular formula is C20H32N4. The van der Waals surface area contributed by atoms with Gasteiger partial charge in [-0.05, 0) is 29.9 Å². The Bertz CT molecular complexity index is 506. The smallest absolute Gasteiger partial charge is 0.130 e. The standard InChI is InChI=1S/2C10H16N2/c1-4-5-10-11-6-9(7-12-10)8(2)3;1-4-5-9-6-11-10(8(2)3)12-7-9/h2*6-8H,4-5H2,1-3H3. The average molecular weight is 329 g/mol. The summed E-state index contributed by atoms with van der Waals surface area (Å²) in [5.41, 5.74) is 2.46. The molecule has 4 heteroatoms. The molecule has 0 aromatic carbocycles. The zero-order valence-corrected chi connectivity index (χ0v) is 16.1. The third-order valence-electron chi connectivity index (χ3n) is 3.65. The number of aryl methyl sites for hydroxylation is 2. The predicted molar refractivity (Wildman–Crippen MR) is 100 cm³/mol. The van der Waals surface area contributed by atoms with Crippen LogP contribution in [-0.4, -0.2) is 19.9 Å². The normalized spacial score (nSPS) is 10.7. The molecule has 0 N–H and O–H groups in total. The Morgan fingerprint density at radius 1 is 0.708 bits per heavy atom. The third kappa shape index (κ3) is 7.16. The summed E-state index contributed by atoms with van der Waals surface area (Å²) in [5.74, 6) is 2.86. The molecule has 132 valence electrons. The van der Waals surface area contributed by atoms with Crippen LogP contribution in [0.25, 0.3) is 0 Å². The molecule has 0 saturated heterocycles. The fourth-order valence-corrected chi connectivity index (χ4v) is 2.10. The molecule has 0 aliphatic carbocycles.